The molecular weight excluding hydrogens is 1230 g/mol. The fraction of sp³-hybridized carbons (Fsp3) is 0.255. The molecule has 0 unspecified atom stereocenters. The Kier molecular flexibility index (Phi) is 19.0. The van der Waals surface area contributed by atoms with Crippen LogP contribution in [0.15, 0.2) is 131 Å². The van der Waals surface area contributed by atoms with Crippen molar-refractivity contribution in [1.29, 1.82) is 0 Å². The highest BCUT2D eigenvalue weighted by Gasteiger charge is 2.26. The second kappa shape index (κ2) is 26.0. The summed E-state index contributed by atoms with van der Waals surface area (Å²) < 4.78 is 121. The van der Waals surface area contributed by atoms with Gasteiger partial charge in [-0.1, -0.05) is 23.9 Å². The number of hydrogen-bond donors (Lipinski definition) is 6. The van der Waals surface area contributed by atoms with Gasteiger partial charge in [0.2, 0.25) is 11.9 Å². The maximum absolute atomic E-state index is 13.1. The van der Waals surface area contributed by atoms with Crippen LogP contribution < -0.4 is 29.9 Å². The van der Waals surface area contributed by atoms with E-state index in [-0.39, 0.29) is 94.8 Å². The molecule has 0 saturated carbocycles. The van der Waals surface area contributed by atoms with E-state index in [1.54, 1.807) is 36.4 Å². The highest BCUT2D eigenvalue weighted by atomic mass is 32.2. The van der Waals surface area contributed by atoms with E-state index < -0.39 is 40.1 Å². The number of fused-ring (bicyclic) bond motifs is 2. The molecule has 31 heteroatoms. The average Bonchev–Trinajstić information content (AvgIpc) is 2.41. The molecular formula is C55H57N13O12S6. The Morgan fingerprint density at radius 3 is 1.50 bits per heavy atom. The first-order valence-corrected chi connectivity index (χ1v) is 33.2. The number of benzene rings is 6. The molecule has 0 amide bonds. The largest absolute Gasteiger partial charge is 0.494 e. The number of hydrogen-bond acceptors (Lipinski definition) is 25. The normalized spacial score (nSPS) is 12.2. The minimum atomic E-state index is -5.01. The molecule has 3 heterocycles. The number of aliphatic hydroxyl groups excluding tert-OH is 1. The number of aliphatic hydroxyl groups is 1. The van der Waals surface area contributed by atoms with Gasteiger partial charge in [-0.15, -0.1) is 43.1 Å². The van der Waals surface area contributed by atoms with E-state index in [1.165, 1.54) is 62.8 Å². The first-order chi connectivity index (χ1) is 41.0. The molecule has 0 aliphatic rings. The molecule has 86 heavy (non-hydrogen) atoms. The Hall–Kier alpha value is -7.85. The zero-order chi connectivity index (χ0) is 61.8. The molecule has 0 atom stereocenters. The van der Waals surface area contributed by atoms with Crippen molar-refractivity contribution in [2.24, 2.45) is 20.5 Å². The zero-order valence-corrected chi connectivity index (χ0v) is 52.2. The standard InChI is InChI=1S/C55H57N13O12S6/c1-9-67(10-2)42-26-38(40(28-44(42)79-7)65-63-35-19-15-32(24-47(35)84(70,71)72)51-56-34-17-13-30(5)23-46(34)82-51)58-53-60-54(62-55(61-53)81-22-21-69)59-39-27-43(68(11-3)12-4)45(80-8)29-41(39)66-64-36-20-16-33(25-48(36)85(73,74)75)52-57-37-18-14-31(6)50(49(37)83-52)86(76,77)78/h13-20,23-29,69H,9-12,21-22H2,1-8H3,(H,70,71,72)(H,73,74,75)(H,76,77,78)(H2,58,59,60,61,62)/b65-63+,66-64+. The van der Waals surface area contributed by atoms with Crippen molar-refractivity contribution in [2.45, 2.75) is 61.4 Å². The number of aromatic nitrogens is 5. The molecule has 3 aromatic heterocycles. The lowest BCUT2D eigenvalue weighted by Gasteiger charge is -2.25. The summed E-state index contributed by atoms with van der Waals surface area (Å²) >= 11 is 3.37. The lowest BCUT2D eigenvalue weighted by molar-refractivity contribution is 0.322. The Bertz CT molecular complexity index is 4480. The maximum Gasteiger partial charge on any atom is 0.296 e. The Balaban J connectivity index is 1.13. The number of thioether (sulfide) groups is 1. The molecule has 0 spiro atoms. The minimum Gasteiger partial charge on any atom is -0.494 e. The number of azo groups is 2. The van der Waals surface area contributed by atoms with Crippen molar-refractivity contribution < 1.29 is 53.5 Å². The molecule has 6 N–H and O–H groups in total. The first kappa shape index (κ1) is 62.7. The van der Waals surface area contributed by atoms with E-state index in [0.717, 1.165) is 44.9 Å². The summed E-state index contributed by atoms with van der Waals surface area (Å²) in [5.41, 5.74) is 4.38. The third-order valence-corrected chi connectivity index (χ3v) is 19.2. The first-order valence-electron chi connectivity index (χ1n) is 26.3. The smallest absolute Gasteiger partial charge is 0.296 e. The lowest BCUT2D eigenvalue weighted by atomic mass is 10.2. The van der Waals surface area contributed by atoms with Crippen LogP contribution in [0.4, 0.5) is 57.4 Å². The number of rotatable bonds is 24. The number of aryl methyl sites for hydroxylation is 2. The number of nitrogens with zero attached hydrogens (tertiary/aromatic N) is 11. The number of anilines is 6. The summed E-state index contributed by atoms with van der Waals surface area (Å²) in [5.74, 6) is 0.840. The molecule has 9 rings (SSSR count). The molecule has 0 radical (unpaired) electrons. The summed E-state index contributed by atoms with van der Waals surface area (Å²) in [5, 5.41) is 34.9. The van der Waals surface area contributed by atoms with Crippen molar-refractivity contribution in [3.63, 3.8) is 0 Å². The summed E-state index contributed by atoms with van der Waals surface area (Å²) in [7, 11) is -11.6. The highest BCUT2D eigenvalue weighted by molar-refractivity contribution is 7.99. The van der Waals surface area contributed by atoms with E-state index in [2.05, 4.69) is 51.0 Å². The van der Waals surface area contributed by atoms with Crippen LogP contribution in [-0.4, -0.2) is 122 Å². The fourth-order valence-electron chi connectivity index (χ4n) is 9.10. The van der Waals surface area contributed by atoms with Gasteiger partial charge in [0.25, 0.3) is 30.4 Å². The third-order valence-electron chi connectivity index (χ3n) is 13.2. The maximum atomic E-state index is 13.1. The molecule has 9 aromatic rings. The predicted molar refractivity (Wildman–Crippen MR) is 335 cm³/mol. The topological polar surface area (TPSA) is 346 Å². The molecule has 0 bridgehead atoms. The number of thiazole rings is 2. The lowest BCUT2D eigenvalue weighted by Crippen LogP contribution is -2.22. The molecule has 0 fully saturated rings. The SMILES string of the molecule is CCN(CC)c1cc(Nc2nc(Nc3cc(N(CC)CC)c(OC)cc3/N=N/c3ccc(-c4nc5ccc(C)c(S(=O)(=O)O)c5s4)cc3S(=O)(=O)O)nc(SCCO)n2)c(/N=N/c2ccc(-c3nc4ccc(C)cc4s3)cc2S(=O)(=O)O)cc1OC. The number of methoxy groups -OCH3 is 2. The van der Waals surface area contributed by atoms with Gasteiger partial charge in [-0.2, -0.15) is 40.2 Å². The molecule has 6 aromatic carbocycles. The number of ether oxygens (including phenoxy) is 2. The van der Waals surface area contributed by atoms with Crippen molar-refractivity contribution in [3.8, 4) is 32.6 Å². The van der Waals surface area contributed by atoms with Crippen LogP contribution in [0, 0.1) is 13.8 Å². The molecule has 0 aliphatic heterocycles. The van der Waals surface area contributed by atoms with Gasteiger partial charge >= 0.3 is 0 Å². The van der Waals surface area contributed by atoms with Crippen LogP contribution in [0.3, 0.4) is 0 Å². The predicted octanol–water partition coefficient (Wildman–Crippen LogP) is 12.9. The van der Waals surface area contributed by atoms with Crippen LogP contribution in [0.2, 0.25) is 0 Å². The van der Waals surface area contributed by atoms with E-state index in [0.29, 0.717) is 59.6 Å². The van der Waals surface area contributed by atoms with E-state index >= 15 is 0 Å². The average molecular weight is 1280 g/mol. The van der Waals surface area contributed by atoms with Crippen LogP contribution in [-0.2, 0) is 30.4 Å². The summed E-state index contributed by atoms with van der Waals surface area (Å²) in [6.45, 7) is 13.3. The molecule has 0 aliphatic carbocycles. The summed E-state index contributed by atoms with van der Waals surface area (Å²) in [6, 6.07) is 23.7. The van der Waals surface area contributed by atoms with Crippen LogP contribution in [0.25, 0.3) is 41.6 Å². The van der Waals surface area contributed by atoms with Crippen molar-refractivity contribution in [3.05, 3.63) is 102 Å². The van der Waals surface area contributed by atoms with Gasteiger partial charge in [-0.05, 0) is 119 Å². The van der Waals surface area contributed by atoms with Gasteiger partial charge < -0.3 is 35.0 Å². The summed E-state index contributed by atoms with van der Waals surface area (Å²) in [6.07, 6.45) is 0. The van der Waals surface area contributed by atoms with Gasteiger partial charge in [-0.25, -0.2) is 9.97 Å². The quantitative estimate of drug-likeness (QED) is 0.0186. The van der Waals surface area contributed by atoms with Crippen molar-refractivity contribution in [1.82, 2.24) is 24.9 Å². The monoisotopic (exact) mass is 1280 g/mol. The minimum absolute atomic E-state index is 0.0416. The van der Waals surface area contributed by atoms with Crippen LogP contribution in [0.5, 0.6) is 11.5 Å². The Morgan fingerprint density at radius 1 is 0.558 bits per heavy atom. The molecule has 0 saturated heterocycles. The van der Waals surface area contributed by atoms with Crippen LogP contribution in [0.1, 0.15) is 38.8 Å². The molecule has 450 valence electrons. The van der Waals surface area contributed by atoms with E-state index in [1.807, 2.05) is 62.6 Å². The number of nitrogens with one attached hydrogen (secondary N) is 2. The fourth-order valence-corrected chi connectivity index (χ4v) is 14.3. The van der Waals surface area contributed by atoms with Crippen molar-refractivity contribution >= 4 is 143 Å². The van der Waals surface area contributed by atoms with Gasteiger partial charge in [-0.3, -0.25) is 13.7 Å². The second-order valence-corrected chi connectivity index (χ2v) is 26.0. The zero-order valence-electron chi connectivity index (χ0n) is 47.3. The second-order valence-electron chi connectivity index (χ2n) is 18.8. The summed E-state index contributed by atoms with van der Waals surface area (Å²) in [4.78, 5) is 25.8. The van der Waals surface area contributed by atoms with E-state index in [9.17, 15) is 44.0 Å². The van der Waals surface area contributed by atoms with Crippen LogP contribution >= 0.6 is 34.4 Å². The third kappa shape index (κ3) is 13.9. The highest BCUT2D eigenvalue weighted by Crippen LogP contribution is 2.45. The Labute approximate surface area is 507 Å². The Morgan fingerprint density at radius 2 is 1.03 bits per heavy atom. The van der Waals surface area contributed by atoms with Gasteiger partial charge in [0, 0.05) is 55.2 Å². The van der Waals surface area contributed by atoms with Gasteiger partial charge in [0.1, 0.15) is 59.0 Å². The molecule has 25 nitrogen and oxygen atoms in total. The van der Waals surface area contributed by atoms with Gasteiger partial charge in [0.05, 0.1) is 64.0 Å². The van der Waals surface area contributed by atoms with Crippen molar-refractivity contribution in [2.75, 3.05) is 73.2 Å². The van der Waals surface area contributed by atoms with E-state index in [4.69, 9.17) is 14.5 Å². The van der Waals surface area contributed by atoms with Gasteiger partial charge in [0.15, 0.2) is 5.16 Å².